The number of anilines is 1. The van der Waals surface area contributed by atoms with Crippen LogP contribution in [0.4, 0.5) is 5.69 Å². The molecule has 18 heavy (non-hydrogen) atoms. The second kappa shape index (κ2) is 6.14. The summed E-state index contributed by atoms with van der Waals surface area (Å²) in [6.45, 7) is 3.38. The molecule has 2 N–H and O–H groups in total. The molecule has 0 aromatic carbocycles. The molecule has 2 rings (SSSR count). The van der Waals surface area contributed by atoms with Crippen molar-refractivity contribution in [3.8, 4) is 0 Å². The molecule has 1 saturated heterocycles. The van der Waals surface area contributed by atoms with E-state index >= 15 is 0 Å². The van der Waals surface area contributed by atoms with Crippen LogP contribution in [0.2, 0.25) is 0 Å². The maximum absolute atomic E-state index is 5.66. The van der Waals surface area contributed by atoms with Crippen LogP contribution in [0, 0.1) is 0 Å². The van der Waals surface area contributed by atoms with Crippen molar-refractivity contribution in [1.82, 2.24) is 4.98 Å². The molecule has 3 nitrogen and oxygen atoms in total. The van der Waals surface area contributed by atoms with Gasteiger partial charge in [-0.1, -0.05) is 25.6 Å². The zero-order valence-corrected chi connectivity index (χ0v) is 11.7. The summed E-state index contributed by atoms with van der Waals surface area (Å²) in [5.74, 6) is 0. The van der Waals surface area contributed by atoms with Crippen molar-refractivity contribution in [2.45, 2.75) is 45.1 Å². The van der Waals surface area contributed by atoms with Gasteiger partial charge in [0.05, 0.1) is 5.69 Å². The van der Waals surface area contributed by atoms with Crippen LogP contribution < -0.4 is 10.6 Å². The molecule has 0 amide bonds. The van der Waals surface area contributed by atoms with E-state index in [2.05, 4.69) is 22.9 Å². The highest BCUT2D eigenvalue weighted by molar-refractivity contribution is 7.80. The van der Waals surface area contributed by atoms with E-state index in [4.69, 9.17) is 18.0 Å². The predicted molar refractivity (Wildman–Crippen MR) is 80.0 cm³/mol. The van der Waals surface area contributed by atoms with Crippen LogP contribution in [0.15, 0.2) is 18.3 Å². The van der Waals surface area contributed by atoms with Crippen molar-refractivity contribution >= 4 is 22.9 Å². The van der Waals surface area contributed by atoms with E-state index in [1.165, 1.54) is 37.8 Å². The number of piperidine rings is 1. The monoisotopic (exact) mass is 263 g/mol. The molecular weight excluding hydrogens is 242 g/mol. The van der Waals surface area contributed by atoms with Crippen LogP contribution in [0.25, 0.3) is 0 Å². The topological polar surface area (TPSA) is 42.2 Å². The molecular formula is C14H21N3S. The van der Waals surface area contributed by atoms with Gasteiger partial charge in [0.25, 0.3) is 0 Å². The highest BCUT2D eigenvalue weighted by Gasteiger charge is 2.22. The third kappa shape index (κ3) is 2.99. The number of pyridine rings is 1. The Bertz CT molecular complexity index is 417. The summed E-state index contributed by atoms with van der Waals surface area (Å²) >= 11 is 5.00. The maximum Gasteiger partial charge on any atom is 0.122 e. The summed E-state index contributed by atoms with van der Waals surface area (Å²) in [5.41, 5.74) is 7.60. The number of aromatic nitrogens is 1. The fourth-order valence-electron chi connectivity index (χ4n) is 2.71. The molecule has 1 aromatic heterocycles. The van der Waals surface area contributed by atoms with E-state index in [9.17, 15) is 0 Å². The van der Waals surface area contributed by atoms with E-state index in [0.29, 0.717) is 11.0 Å². The molecule has 98 valence electrons. The number of thiocarbonyl (C=S) groups is 1. The van der Waals surface area contributed by atoms with Gasteiger partial charge in [0.1, 0.15) is 4.99 Å². The number of rotatable bonds is 4. The molecule has 2 heterocycles. The summed E-state index contributed by atoms with van der Waals surface area (Å²) in [6.07, 6.45) is 8.19. The molecule has 1 unspecified atom stereocenters. The summed E-state index contributed by atoms with van der Waals surface area (Å²) < 4.78 is 0. The Morgan fingerprint density at radius 3 is 3.11 bits per heavy atom. The summed E-state index contributed by atoms with van der Waals surface area (Å²) in [5, 5.41) is 0. The SMILES string of the molecule is CCCC1CCCCN1c1ccnc(C(N)=S)c1. The van der Waals surface area contributed by atoms with Crippen LogP contribution in [0.1, 0.15) is 44.7 Å². The highest BCUT2D eigenvalue weighted by Crippen LogP contribution is 2.27. The predicted octanol–water partition coefficient (Wildman–Crippen LogP) is 2.87. The van der Waals surface area contributed by atoms with Gasteiger partial charge in [-0.15, -0.1) is 0 Å². The van der Waals surface area contributed by atoms with Gasteiger partial charge >= 0.3 is 0 Å². The van der Waals surface area contributed by atoms with E-state index in [0.717, 1.165) is 12.2 Å². The van der Waals surface area contributed by atoms with Crippen molar-refractivity contribution in [3.63, 3.8) is 0 Å². The van der Waals surface area contributed by atoms with Crippen molar-refractivity contribution < 1.29 is 0 Å². The molecule has 0 aliphatic carbocycles. The smallest absolute Gasteiger partial charge is 0.122 e. The minimum absolute atomic E-state index is 0.376. The lowest BCUT2D eigenvalue weighted by atomic mass is 9.97. The highest BCUT2D eigenvalue weighted by atomic mass is 32.1. The maximum atomic E-state index is 5.66. The minimum Gasteiger partial charge on any atom is -0.388 e. The lowest BCUT2D eigenvalue weighted by Gasteiger charge is -2.37. The van der Waals surface area contributed by atoms with Crippen molar-refractivity contribution in [2.75, 3.05) is 11.4 Å². The Morgan fingerprint density at radius 2 is 2.39 bits per heavy atom. The summed E-state index contributed by atoms with van der Waals surface area (Å²) in [7, 11) is 0. The van der Waals surface area contributed by atoms with Gasteiger partial charge in [0, 0.05) is 24.5 Å². The summed E-state index contributed by atoms with van der Waals surface area (Å²) in [4.78, 5) is 7.08. The Hall–Kier alpha value is -1.16. The number of hydrogen-bond acceptors (Lipinski definition) is 3. The number of nitrogens with zero attached hydrogens (tertiary/aromatic N) is 2. The van der Waals surface area contributed by atoms with E-state index in [-0.39, 0.29) is 0 Å². The second-order valence-electron chi connectivity index (χ2n) is 4.90. The molecule has 1 atom stereocenters. The molecule has 4 heteroatoms. The van der Waals surface area contributed by atoms with Gasteiger partial charge in [-0.2, -0.15) is 0 Å². The van der Waals surface area contributed by atoms with Gasteiger partial charge in [0.15, 0.2) is 0 Å². The van der Waals surface area contributed by atoms with Crippen molar-refractivity contribution in [1.29, 1.82) is 0 Å². The zero-order chi connectivity index (χ0) is 13.0. The average Bonchev–Trinajstić information content (AvgIpc) is 2.40. The lowest BCUT2D eigenvalue weighted by Crippen LogP contribution is -2.39. The zero-order valence-electron chi connectivity index (χ0n) is 10.9. The molecule has 1 aliphatic heterocycles. The van der Waals surface area contributed by atoms with Crippen LogP contribution >= 0.6 is 12.2 Å². The normalized spacial score (nSPS) is 19.8. The van der Waals surface area contributed by atoms with Crippen LogP contribution in [0.5, 0.6) is 0 Å². The third-order valence-corrected chi connectivity index (χ3v) is 3.79. The minimum atomic E-state index is 0.376. The van der Waals surface area contributed by atoms with E-state index < -0.39 is 0 Å². The first-order chi connectivity index (χ1) is 8.72. The first-order valence-corrected chi connectivity index (χ1v) is 7.15. The van der Waals surface area contributed by atoms with Gasteiger partial charge in [-0.25, -0.2) is 0 Å². The molecule has 1 aliphatic rings. The standard InChI is InChI=1S/C14H21N3S/c1-2-5-11-6-3-4-9-17(11)12-7-8-16-13(10-12)14(15)18/h7-8,10-11H,2-6,9H2,1H3,(H2,15,18). The number of nitrogens with two attached hydrogens (primary N) is 1. The Morgan fingerprint density at radius 1 is 1.56 bits per heavy atom. The molecule has 0 radical (unpaired) electrons. The van der Waals surface area contributed by atoms with Gasteiger partial charge in [0.2, 0.25) is 0 Å². The molecule has 0 bridgehead atoms. The van der Waals surface area contributed by atoms with Gasteiger partial charge in [-0.05, 0) is 37.8 Å². The third-order valence-electron chi connectivity index (χ3n) is 3.58. The molecule has 0 spiro atoms. The largest absolute Gasteiger partial charge is 0.388 e. The van der Waals surface area contributed by atoms with Crippen molar-refractivity contribution in [2.24, 2.45) is 5.73 Å². The second-order valence-corrected chi connectivity index (χ2v) is 5.34. The van der Waals surface area contributed by atoms with E-state index in [1.807, 2.05) is 6.07 Å². The fraction of sp³-hybridized carbons (Fsp3) is 0.571. The first kappa shape index (κ1) is 13.3. The quantitative estimate of drug-likeness (QED) is 0.848. The number of hydrogen-bond donors (Lipinski definition) is 1. The average molecular weight is 263 g/mol. The fourth-order valence-corrected chi connectivity index (χ4v) is 2.82. The Labute approximate surface area is 114 Å². The van der Waals surface area contributed by atoms with Crippen LogP contribution in [-0.4, -0.2) is 22.6 Å². The Kier molecular flexibility index (Phi) is 4.53. The Balaban J connectivity index is 2.22. The summed E-state index contributed by atoms with van der Waals surface area (Å²) in [6, 6.07) is 4.75. The van der Waals surface area contributed by atoms with Gasteiger partial charge < -0.3 is 10.6 Å². The van der Waals surface area contributed by atoms with Crippen molar-refractivity contribution in [3.05, 3.63) is 24.0 Å². The van der Waals surface area contributed by atoms with Crippen LogP contribution in [0.3, 0.4) is 0 Å². The molecule has 1 aromatic rings. The lowest BCUT2D eigenvalue weighted by molar-refractivity contribution is 0.434. The first-order valence-electron chi connectivity index (χ1n) is 6.75. The molecule has 1 fully saturated rings. The van der Waals surface area contributed by atoms with Crippen LogP contribution in [-0.2, 0) is 0 Å². The van der Waals surface area contributed by atoms with E-state index in [1.54, 1.807) is 6.20 Å². The van der Waals surface area contributed by atoms with Gasteiger partial charge in [-0.3, -0.25) is 4.98 Å². The molecule has 0 saturated carbocycles.